The molecule has 0 atom stereocenters. The Morgan fingerprint density at radius 2 is 1.89 bits per heavy atom. The van der Waals surface area contributed by atoms with Crippen molar-refractivity contribution in [2.45, 2.75) is 37.0 Å². The molecule has 0 spiro atoms. The largest absolute Gasteiger partial charge is 0.495 e. The summed E-state index contributed by atoms with van der Waals surface area (Å²) in [5.74, 6) is 0.319. The summed E-state index contributed by atoms with van der Waals surface area (Å²) in [7, 11) is 2.92. The van der Waals surface area contributed by atoms with Crippen LogP contribution in [0.25, 0.3) is 0 Å². The third-order valence-corrected chi connectivity index (χ3v) is 4.99. The molecule has 0 fully saturated rings. The molecule has 0 aliphatic heterocycles. The number of methoxy groups -OCH3 is 1. The molecule has 0 N–H and O–H groups in total. The van der Waals surface area contributed by atoms with Gasteiger partial charge in [0.2, 0.25) is 0 Å². The van der Waals surface area contributed by atoms with Gasteiger partial charge in [-0.2, -0.15) is 0 Å². The molecule has 0 heterocycles. The number of fused-ring (bicyclic) bond motifs is 1. The lowest BCUT2D eigenvalue weighted by molar-refractivity contribution is -0.124. The number of rotatable bonds is 2. The number of hydrogen-bond acceptors (Lipinski definition) is 4. The normalized spacial score (nSPS) is 18.0. The van der Waals surface area contributed by atoms with Crippen LogP contribution in [0.4, 0.5) is 0 Å². The quantitative estimate of drug-likeness (QED) is 0.787. The molecule has 1 aromatic rings. The second kappa shape index (κ2) is 4.49. The maximum absolute atomic E-state index is 12.0. The summed E-state index contributed by atoms with van der Waals surface area (Å²) in [6, 6.07) is 3.13. The topological polar surface area (TPSA) is 60.4 Å². The van der Waals surface area contributed by atoms with Gasteiger partial charge in [0.15, 0.2) is 0 Å². The van der Waals surface area contributed by atoms with Gasteiger partial charge in [0.25, 0.3) is 9.05 Å². The third kappa shape index (κ3) is 2.37. The fourth-order valence-electron chi connectivity index (χ4n) is 2.45. The second-order valence-corrected chi connectivity index (χ2v) is 7.68. The molecular formula is C13H15ClO4S. The van der Waals surface area contributed by atoms with Crippen molar-refractivity contribution >= 4 is 25.5 Å². The van der Waals surface area contributed by atoms with Crippen LogP contribution in [0.5, 0.6) is 5.75 Å². The number of aryl methyl sites for hydroxylation is 1. The highest BCUT2D eigenvalue weighted by molar-refractivity contribution is 8.13. The van der Waals surface area contributed by atoms with Crippen LogP contribution in [0.15, 0.2) is 17.0 Å². The van der Waals surface area contributed by atoms with Gasteiger partial charge in [-0.1, -0.05) is 0 Å². The van der Waals surface area contributed by atoms with Crippen molar-refractivity contribution in [1.82, 2.24) is 0 Å². The zero-order chi connectivity index (χ0) is 14.4. The van der Waals surface area contributed by atoms with Crippen LogP contribution in [0, 0.1) is 0 Å². The summed E-state index contributed by atoms with van der Waals surface area (Å²) in [6.07, 6.45) is 0.940. The number of benzene rings is 1. The summed E-state index contributed by atoms with van der Waals surface area (Å²) in [5, 5.41) is 0. The highest BCUT2D eigenvalue weighted by atomic mass is 35.7. The van der Waals surface area contributed by atoms with E-state index in [4.69, 9.17) is 15.4 Å². The Balaban J connectivity index is 2.73. The van der Waals surface area contributed by atoms with Crippen molar-refractivity contribution in [3.8, 4) is 5.75 Å². The molecule has 1 aliphatic rings. The van der Waals surface area contributed by atoms with Gasteiger partial charge in [0, 0.05) is 22.5 Å². The number of ether oxygens (including phenoxy) is 1. The highest BCUT2D eigenvalue weighted by Gasteiger charge is 2.36. The van der Waals surface area contributed by atoms with Crippen LogP contribution in [0.3, 0.4) is 0 Å². The van der Waals surface area contributed by atoms with Crippen molar-refractivity contribution in [2.24, 2.45) is 0 Å². The number of carbonyl (C=O) groups excluding carboxylic acids is 1. The predicted molar refractivity (Wildman–Crippen MR) is 72.4 cm³/mol. The van der Waals surface area contributed by atoms with E-state index in [0.29, 0.717) is 12.8 Å². The lowest BCUT2D eigenvalue weighted by Gasteiger charge is -2.31. The Labute approximate surface area is 117 Å². The predicted octanol–water partition coefficient (Wildman–Crippen LogP) is 2.42. The molecule has 0 radical (unpaired) electrons. The molecule has 0 unspecified atom stereocenters. The van der Waals surface area contributed by atoms with Crippen LogP contribution in [-0.2, 0) is 25.7 Å². The lowest BCUT2D eigenvalue weighted by Crippen LogP contribution is -2.34. The number of hydrogen-bond donors (Lipinski definition) is 0. The molecule has 1 aromatic carbocycles. The molecule has 19 heavy (non-hydrogen) atoms. The van der Waals surface area contributed by atoms with E-state index in [1.807, 2.05) is 13.8 Å². The number of ketones is 1. The van der Waals surface area contributed by atoms with E-state index in [-0.39, 0.29) is 16.4 Å². The van der Waals surface area contributed by atoms with Crippen LogP contribution in [0.2, 0.25) is 0 Å². The standard InChI is InChI=1S/C13H15ClO4S/c1-13(2)9-7-10(18-3)11(19(14,16)17)6-8(9)4-5-12(13)15/h6-7H,4-5H2,1-3H3. The molecule has 0 saturated heterocycles. The monoisotopic (exact) mass is 302 g/mol. The maximum atomic E-state index is 12.0. The number of halogens is 1. The third-order valence-electron chi connectivity index (χ3n) is 3.64. The molecule has 1 aliphatic carbocycles. The maximum Gasteiger partial charge on any atom is 0.264 e. The van der Waals surface area contributed by atoms with Gasteiger partial charge in [-0.05, 0) is 43.5 Å². The van der Waals surface area contributed by atoms with E-state index in [0.717, 1.165) is 11.1 Å². The Morgan fingerprint density at radius 3 is 2.42 bits per heavy atom. The average Bonchev–Trinajstić information content (AvgIpc) is 2.32. The summed E-state index contributed by atoms with van der Waals surface area (Å²) in [4.78, 5) is 11.9. The molecule has 0 amide bonds. The van der Waals surface area contributed by atoms with Gasteiger partial charge in [-0.15, -0.1) is 0 Å². The van der Waals surface area contributed by atoms with Gasteiger partial charge >= 0.3 is 0 Å². The summed E-state index contributed by atoms with van der Waals surface area (Å²) >= 11 is 0. The smallest absolute Gasteiger partial charge is 0.264 e. The van der Waals surface area contributed by atoms with Gasteiger partial charge in [0.05, 0.1) is 7.11 Å². The van der Waals surface area contributed by atoms with E-state index in [9.17, 15) is 13.2 Å². The molecule has 0 aromatic heterocycles. The highest BCUT2D eigenvalue weighted by Crippen LogP contribution is 2.40. The van der Waals surface area contributed by atoms with E-state index in [1.54, 1.807) is 6.07 Å². The Morgan fingerprint density at radius 1 is 1.26 bits per heavy atom. The van der Waals surface area contributed by atoms with Crippen molar-refractivity contribution in [3.05, 3.63) is 23.3 Å². The summed E-state index contributed by atoms with van der Waals surface area (Å²) in [6.45, 7) is 3.67. The fraction of sp³-hybridized carbons (Fsp3) is 0.462. The first-order chi connectivity index (χ1) is 8.67. The van der Waals surface area contributed by atoms with Crippen molar-refractivity contribution < 1.29 is 17.9 Å². The summed E-state index contributed by atoms with van der Waals surface area (Å²) < 4.78 is 28.2. The van der Waals surface area contributed by atoms with E-state index in [2.05, 4.69) is 0 Å². The van der Waals surface area contributed by atoms with Crippen molar-refractivity contribution in [3.63, 3.8) is 0 Å². The first-order valence-electron chi connectivity index (χ1n) is 5.87. The van der Waals surface area contributed by atoms with Crippen LogP contribution >= 0.6 is 10.7 Å². The van der Waals surface area contributed by atoms with Gasteiger partial charge < -0.3 is 4.74 Å². The first-order valence-corrected chi connectivity index (χ1v) is 8.18. The molecular weight excluding hydrogens is 288 g/mol. The van der Waals surface area contributed by atoms with Crippen LogP contribution in [-0.4, -0.2) is 21.3 Å². The fourth-order valence-corrected chi connectivity index (χ4v) is 3.48. The van der Waals surface area contributed by atoms with Gasteiger partial charge in [0.1, 0.15) is 16.4 Å². The van der Waals surface area contributed by atoms with Crippen LogP contribution in [0.1, 0.15) is 31.4 Å². The van der Waals surface area contributed by atoms with E-state index >= 15 is 0 Å². The Kier molecular flexibility index (Phi) is 3.39. The Hall–Kier alpha value is -1.07. The molecule has 4 nitrogen and oxygen atoms in total. The molecule has 104 valence electrons. The molecule has 6 heteroatoms. The van der Waals surface area contributed by atoms with Crippen LogP contribution < -0.4 is 4.74 Å². The zero-order valence-corrected chi connectivity index (χ0v) is 12.6. The van der Waals surface area contributed by atoms with Crippen molar-refractivity contribution in [1.29, 1.82) is 0 Å². The number of carbonyl (C=O) groups is 1. The minimum atomic E-state index is -3.87. The second-order valence-electron chi connectivity index (χ2n) is 5.15. The van der Waals surface area contributed by atoms with E-state index in [1.165, 1.54) is 13.2 Å². The van der Waals surface area contributed by atoms with Crippen molar-refractivity contribution in [2.75, 3.05) is 7.11 Å². The van der Waals surface area contributed by atoms with Gasteiger partial charge in [-0.3, -0.25) is 4.79 Å². The average molecular weight is 303 g/mol. The SMILES string of the molecule is COc1cc2c(cc1S(=O)(=O)Cl)CCC(=O)C2(C)C. The lowest BCUT2D eigenvalue weighted by atomic mass is 9.72. The molecule has 0 saturated carbocycles. The van der Waals surface area contributed by atoms with Gasteiger partial charge in [-0.25, -0.2) is 8.42 Å². The summed E-state index contributed by atoms with van der Waals surface area (Å²) in [5.41, 5.74) is 1.02. The molecule has 2 rings (SSSR count). The number of Topliss-reactive ketones (excluding diaryl/α,β-unsaturated/α-hetero) is 1. The zero-order valence-electron chi connectivity index (χ0n) is 11.0. The van der Waals surface area contributed by atoms with E-state index < -0.39 is 14.5 Å². The first kappa shape index (κ1) is 14.3. The molecule has 0 bridgehead atoms. The minimum Gasteiger partial charge on any atom is -0.495 e. The Bertz CT molecular complexity index is 647. The minimum absolute atomic E-state index is 0.0411.